The Morgan fingerprint density at radius 3 is 2.80 bits per heavy atom. The molecule has 82 valence electrons. The smallest absolute Gasteiger partial charge is 0.127 e. The lowest BCUT2D eigenvalue weighted by Gasteiger charge is -2.15. The molecule has 2 unspecified atom stereocenters. The van der Waals surface area contributed by atoms with Crippen LogP contribution >= 0.6 is 11.6 Å². The summed E-state index contributed by atoms with van der Waals surface area (Å²) in [6, 6.07) is 7.20. The molecule has 0 radical (unpaired) electrons. The van der Waals surface area contributed by atoms with Crippen LogP contribution in [-0.4, -0.2) is 11.4 Å². The summed E-state index contributed by atoms with van der Waals surface area (Å²) >= 11 is 6.13. The molecule has 1 aromatic carbocycles. The molecule has 0 heterocycles. The van der Waals surface area contributed by atoms with Gasteiger partial charge < -0.3 is 5.32 Å². The van der Waals surface area contributed by atoms with Gasteiger partial charge in [0.05, 0.1) is 0 Å². The molecule has 15 heavy (non-hydrogen) atoms. The van der Waals surface area contributed by atoms with Crippen molar-refractivity contribution in [3.63, 3.8) is 0 Å². The van der Waals surface area contributed by atoms with Crippen LogP contribution in [0, 0.1) is 5.82 Å². The van der Waals surface area contributed by atoms with Crippen molar-refractivity contribution in [3.8, 4) is 0 Å². The predicted octanol–water partition coefficient (Wildman–Crippen LogP) is 3.08. The van der Waals surface area contributed by atoms with E-state index in [0.717, 1.165) is 12.8 Å². The normalized spacial score (nSPS) is 25.7. The lowest BCUT2D eigenvalue weighted by molar-refractivity contribution is 0.512. The van der Waals surface area contributed by atoms with E-state index in [9.17, 15) is 4.39 Å². The zero-order chi connectivity index (χ0) is 10.7. The second-order valence-electron chi connectivity index (χ2n) is 4.03. The highest BCUT2D eigenvalue weighted by atomic mass is 35.5. The maximum atomic E-state index is 13.3. The summed E-state index contributed by atoms with van der Waals surface area (Å²) in [7, 11) is 0. The number of benzene rings is 1. The van der Waals surface area contributed by atoms with Crippen LogP contribution in [0.15, 0.2) is 24.3 Å². The van der Waals surface area contributed by atoms with E-state index in [4.69, 9.17) is 11.6 Å². The van der Waals surface area contributed by atoms with Crippen LogP contribution in [0.25, 0.3) is 0 Å². The van der Waals surface area contributed by atoms with Gasteiger partial charge in [0.25, 0.3) is 0 Å². The van der Waals surface area contributed by atoms with E-state index in [0.29, 0.717) is 18.2 Å². The average molecular weight is 228 g/mol. The molecular formula is C12H15ClFN. The molecule has 3 heteroatoms. The van der Waals surface area contributed by atoms with E-state index in [2.05, 4.69) is 5.32 Å². The third-order valence-corrected chi connectivity index (χ3v) is 3.47. The Balaban J connectivity index is 1.90. The number of hydrogen-bond acceptors (Lipinski definition) is 1. The van der Waals surface area contributed by atoms with Crippen LogP contribution in [0.2, 0.25) is 0 Å². The van der Waals surface area contributed by atoms with Crippen LogP contribution in [0.4, 0.5) is 4.39 Å². The van der Waals surface area contributed by atoms with Crippen LogP contribution in [0.5, 0.6) is 0 Å². The quantitative estimate of drug-likeness (QED) is 0.783. The van der Waals surface area contributed by atoms with Crippen molar-refractivity contribution in [3.05, 3.63) is 35.6 Å². The Hall–Kier alpha value is -0.600. The molecule has 1 aromatic rings. The molecular weight excluding hydrogens is 213 g/mol. The van der Waals surface area contributed by atoms with Crippen molar-refractivity contribution < 1.29 is 4.39 Å². The summed E-state index contributed by atoms with van der Waals surface area (Å²) in [5.41, 5.74) is 0.716. The Kier molecular flexibility index (Phi) is 3.60. The second-order valence-corrected chi connectivity index (χ2v) is 4.59. The first-order valence-corrected chi connectivity index (χ1v) is 5.82. The van der Waals surface area contributed by atoms with Crippen LogP contribution < -0.4 is 5.32 Å². The fourth-order valence-electron chi connectivity index (χ4n) is 2.03. The van der Waals surface area contributed by atoms with Gasteiger partial charge in [-0.15, -0.1) is 11.6 Å². The molecule has 1 aliphatic rings. The SMILES string of the molecule is Fc1ccccc1CNC1CCCC1Cl. The first-order chi connectivity index (χ1) is 7.27. The third kappa shape index (κ3) is 2.70. The van der Waals surface area contributed by atoms with Crippen molar-refractivity contribution in [1.82, 2.24) is 5.32 Å². The summed E-state index contributed by atoms with van der Waals surface area (Å²) in [4.78, 5) is 0. The largest absolute Gasteiger partial charge is 0.308 e. The van der Waals surface area contributed by atoms with E-state index in [-0.39, 0.29) is 11.2 Å². The van der Waals surface area contributed by atoms with E-state index < -0.39 is 0 Å². The monoisotopic (exact) mass is 227 g/mol. The zero-order valence-corrected chi connectivity index (χ0v) is 9.30. The molecule has 1 nitrogen and oxygen atoms in total. The van der Waals surface area contributed by atoms with Crippen molar-refractivity contribution in [1.29, 1.82) is 0 Å². The minimum absolute atomic E-state index is 0.144. The molecule has 0 aromatic heterocycles. The first kappa shape index (κ1) is 10.9. The van der Waals surface area contributed by atoms with Crippen molar-refractivity contribution >= 4 is 11.6 Å². The average Bonchev–Trinajstić information content (AvgIpc) is 2.63. The maximum absolute atomic E-state index is 13.3. The van der Waals surface area contributed by atoms with Crippen LogP contribution in [-0.2, 0) is 6.54 Å². The highest BCUT2D eigenvalue weighted by Crippen LogP contribution is 2.24. The molecule has 1 fully saturated rings. The number of nitrogens with one attached hydrogen (secondary N) is 1. The van der Waals surface area contributed by atoms with Crippen LogP contribution in [0.1, 0.15) is 24.8 Å². The molecule has 0 amide bonds. The van der Waals surface area contributed by atoms with Gasteiger partial charge in [0.2, 0.25) is 0 Å². The minimum atomic E-state index is -0.144. The highest BCUT2D eigenvalue weighted by molar-refractivity contribution is 6.21. The molecule has 1 saturated carbocycles. The predicted molar refractivity (Wildman–Crippen MR) is 60.5 cm³/mol. The summed E-state index contributed by atoms with van der Waals surface area (Å²) in [6.45, 7) is 0.570. The van der Waals surface area contributed by atoms with Crippen molar-refractivity contribution in [2.45, 2.75) is 37.2 Å². The molecule has 1 N–H and O–H groups in total. The molecule has 0 aliphatic heterocycles. The van der Waals surface area contributed by atoms with Gasteiger partial charge in [-0.05, 0) is 18.9 Å². The summed E-state index contributed by atoms with van der Waals surface area (Å²) in [5, 5.41) is 3.52. The lowest BCUT2D eigenvalue weighted by atomic mass is 10.2. The van der Waals surface area contributed by atoms with Gasteiger partial charge in [0.1, 0.15) is 5.82 Å². The van der Waals surface area contributed by atoms with Gasteiger partial charge in [-0.25, -0.2) is 4.39 Å². The van der Waals surface area contributed by atoms with Gasteiger partial charge in [0.15, 0.2) is 0 Å². The Labute approximate surface area is 94.6 Å². The Bertz CT molecular complexity index is 329. The van der Waals surface area contributed by atoms with Gasteiger partial charge in [0, 0.05) is 23.5 Å². The standard InChI is InChI=1S/C12H15ClFN/c13-10-5-3-7-12(10)15-8-9-4-1-2-6-11(9)14/h1-2,4,6,10,12,15H,3,5,7-8H2. The minimum Gasteiger partial charge on any atom is -0.308 e. The maximum Gasteiger partial charge on any atom is 0.127 e. The molecule has 0 bridgehead atoms. The molecule has 2 rings (SSSR count). The van der Waals surface area contributed by atoms with E-state index in [1.165, 1.54) is 12.5 Å². The fourth-order valence-corrected chi connectivity index (χ4v) is 2.40. The van der Waals surface area contributed by atoms with Gasteiger partial charge in [-0.1, -0.05) is 24.6 Å². The van der Waals surface area contributed by atoms with Gasteiger partial charge in [-0.3, -0.25) is 0 Å². The summed E-state index contributed by atoms with van der Waals surface area (Å²) in [6.07, 6.45) is 3.34. The first-order valence-electron chi connectivity index (χ1n) is 5.38. The zero-order valence-electron chi connectivity index (χ0n) is 8.55. The fraction of sp³-hybridized carbons (Fsp3) is 0.500. The topological polar surface area (TPSA) is 12.0 Å². The number of hydrogen-bond donors (Lipinski definition) is 1. The number of alkyl halides is 1. The molecule has 2 atom stereocenters. The van der Waals surface area contributed by atoms with E-state index in [1.807, 2.05) is 6.07 Å². The van der Waals surface area contributed by atoms with Crippen LogP contribution in [0.3, 0.4) is 0 Å². The summed E-state index contributed by atoms with van der Waals surface area (Å²) in [5.74, 6) is -0.144. The van der Waals surface area contributed by atoms with E-state index in [1.54, 1.807) is 12.1 Å². The third-order valence-electron chi connectivity index (χ3n) is 2.94. The van der Waals surface area contributed by atoms with Gasteiger partial charge in [-0.2, -0.15) is 0 Å². The molecule has 0 spiro atoms. The van der Waals surface area contributed by atoms with E-state index >= 15 is 0 Å². The van der Waals surface area contributed by atoms with Crippen molar-refractivity contribution in [2.75, 3.05) is 0 Å². The number of halogens is 2. The molecule has 0 saturated heterocycles. The Morgan fingerprint density at radius 2 is 2.13 bits per heavy atom. The highest BCUT2D eigenvalue weighted by Gasteiger charge is 2.24. The second kappa shape index (κ2) is 4.95. The Morgan fingerprint density at radius 1 is 1.33 bits per heavy atom. The number of rotatable bonds is 3. The van der Waals surface area contributed by atoms with Crippen molar-refractivity contribution in [2.24, 2.45) is 0 Å². The molecule has 1 aliphatic carbocycles. The summed E-state index contributed by atoms with van der Waals surface area (Å²) < 4.78 is 13.3. The van der Waals surface area contributed by atoms with Gasteiger partial charge >= 0.3 is 0 Å². The lowest BCUT2D eigenvalue weighted by Crippen LogP contribution is -2.32.